The van der Waals surface area contributed by atoms with Crippen molar-refractivity contribution in [2.24, 2.45) is 0 Å². The van der Waals surface area contributed by atoms with Crippen molar-refractivity contribution >= 4 is 56.3 Å². The van der Waals surface area contributed by atoms with Gasteiger partial charge in [0, 0.05) is 50.3 Å². The molecule has 1 aliphatic rings. The van der Waals surface area contributed by atoms with E-state index in [4.69, 9.17) is 37.9 Å². The summed E-state index contributed by atoms with van der Waals surface area (Å²) >= 11 is 1.62. The maximum atomic E-state index is 12.0. The first-order chi connectivity index (χ1) is 18.4. The van der Waals surface area contributed by atoms with Crippen LogP contribution in [0.4, 0.5) is 0 Å². The Morgan fingerprint density at radius 1 is 0.821 bits per heavy atom. The molecule has 1 saturated heterocycles. The van der Waals surface area contributed by atoms with Crippen molar-refractivity contribution in [1.29, 1.82) is 0 Å². The summed E-state index contributed by atoms with van der Waals surface area (Å²) in [5.41, 5.74) is 0.544. The van der Waals surface area contributed by atoms with Crippen molar-refractivity contribution in [2.45, 2.75) is 58.4 Å². The average molecular weight is 664 g/mol. The summed E-state index contributed by atoms with van der Waals surface area (Å²) in [6, 6.07) is 3.11. The lowest BCUT2D eigenvalue weighted by atomic mass is 9.98. The van der Waals surface area contributed by atoms with Crippen LogP contribution >= 0.6 is 22.6 Å². The van der Waals surface area contributed by atoms with Crippen LogP contribution in [0.5, 0.6) is 17.2 Å². The van der Waals surface area contributed by atoms with Gasteiger partial charge in [0.25, 0.3) is 0 Å². The lowest BCUT2D eigenvalue weighted by Crippen LogP contribution is -2.63. The van der Waals surface area contributed by atoms with Gasteiger partial charge in [0.1, 0.15) is 12.7 Å². The molecule has 0 amide bonds. The van der Waals surface area contributed by atoms with Gasteiger partial charge in [0.05, 0.1) is 14.2 Å². The minimum atomic E-state index is -1.49. The Hall–Kier alpha value is -3.40. The molecule has 0 unspecified atom stereocenters. The SMILES string of the molecule is COc1cc(/C=C/C(=O)I)cc(OC)c1O[C@H]1O[C@H](COC(C)=O)[C@@H](OC(C)=O)[C@H](OC(C)=O)[C@@H]1OC(C)=O. The fourth-order valence-electron chi connectivity index (χ4n) is 3.67. The fourth-order valence-corrected chi connectivity index (χ4v) is 3.85. The van der Waals surface area contributed by atoms with Gasteiger partial charge < -0.3 is 37.9 Å². The molecular formula is C25H29IO13. The van der Waals surface area contributed by atoms with Crippen LogP contribution in [0.2, 0.25) is 0 Å². The van der Waals surface area contributed by atoms with Crippen molar-refractivity contribution in [3.05, 3.63) is 23.8 Å². The fraction of sp³-hybridized carbons (Fsp3) is 0.480. The van der Waals surface area contributed by atoms with Gasteiger partial charge in [-0.05, 0) is 23.8 Å². The van der Waals surface area contributed by atoms with Gasteiger partial charge in [-0.15, -0.1) is 0 Å². The monoisotopic (exact) mass is 664 g/mol. The summed E-state index contributed by atoms with van der Waals surface area (Å²) in [4.78, 5) is 58.8. The van der Waals surface area contributed by atoms with Crippen LogP contribution in [-0.4, -0.2) is 79.2 Å². The predicted octanol–water partition coefficient (Wildman–Crippen LogP) is 2.14. The highest BCUT2D eigenvalue weighted by Crippen LogP contribution is 2.41. The first-order valence-electron chi connectivity index (χ1n) is 11.5. The molecule has 0 aromatic heterocycles. The van der Waals surface area contributed by atoms with Gasteiger partial charge >= 0.3 is 23.9 Å². The first-order valence-corrected chi connectivity index (χ1v) is 12.5. The third kappa shape index (κ3) is 9.38. The predicted molar refractivity (Wildman–Crippen MR) is 140 cm³/mol. The number of ether oxygens (including phenoxy) is 8. The quantitative estimate of drug-likeness (QED) is 0.111. The molecule has 13 nitrogen and oxygen atoms in total. The molecule has 0 aliphatic carbocycles. The third-order valence-electron chi connectivity index (χ3n) is 5.07. The molecule has 2 rings (SSSR count). The minimum Gasteiger partial charge on any atom is -0.493 e. The van der Waals surface area contributed by atoms with E-state index in [-0.39, 0.29) is 21.0 Å². The van der Waals surface area contributed by atoms with Crippen LogP contribution in [0.1, 0.15) is 33.3 Å². The number of halogens is 1. The Labute approximate surface area is 238 Å². The van der Waals surface area contributed by atoms with Crippen LogP contribution in [0.3, 0.4) is 0 Å². The molecule has 0 radical (unpaired) electrons. The second-order valence-electron chi connectivity index (χ2n) is 8.08. The lowest BCUT2D eigenvalue weighted by molar-refractivity contribution is -0.288. The molecular weight excluding hydrogens is 635 g/mol. The molecule has 39 heavy (non-hydrogen) atoms. The van der Waals surface area contributed by atoms with E-state index in [1.165, 1.54) is 33.3 Å². The number of allylic oxidation sites excluding steroid dienone is 1. The van der Waals surface area contributed by atoms with Gasteiger partial charge in [-0.3, -0.25) is 24.0 Å². The molecule has 1 aromatic rings. The summed E-state index contributed by atoms with van der Waals surface area (Å²) in [5.74, 6) is -2.65. The Kier molecular flexibility index (Phi) is 12.0. The van der Waals surface area contributed by atoms with E-state index in [2.05, 4.69) is 0 Å². The maximum absolute atomic E-state index is 12.0. The van der Waals surface area contributed by atoms with Gasteiger partial charge in [0.15, 0.2) is 23.7 Å². The average Bonchev–Trinajstić information content (AvgIpc) is 2.84. The van der Waals surface area contributed by atoms with E-state index in [9.17, 15) is 24.0 Å². The van der Waals surface area contributed by atoms with Gasteiger partial charge in [-0.1, -0.05) is 6.08 Å². The van der Waals surface area contributed by atoms with Gasteiger partial charge in [0.2, 0.25) is 21.9 Å². The summed E-state index contributed by atoms with van der Waals surface area (Å²) in [5, 5.41) is 0. The van der Waals surface area contributed by atoms with E-state index in [1.54, 1.807) is 34.7 Å². The lowest BCUT2D eigenvalue weighted by Gasteiger charge is -2.44. The maximum Gasteiger partial charge on any atom is 0.303 e. The summed E-state index contributed by atoms with van der Waals surface area (Å²) in [6.45, 7) is 4.10. The van der Waals surface area contributed by atoms with Crippen molar-refractivity contribution in [3.63, 3.8) is 0 Å². The Morgan fingerprint density at radius 2 is 1.33 bits per heavy atom. The molecule has 1 aromatic carbocycles. The number of carbonyl (C=O) groups excluding carboxylic acids is 5. The van der Waals surface area contributed by atoms with Crippen LogP contribution in [0, 0.1) is 0 Å². The highest BCUT2D eigenvalue weighted by atomic mass is 127. The highest BCUT2D eigenvalue weighted by molar-refractivity contribution is 14.1. The summed E-state index contributed by atoms with van der Waals surface area (Å²) in [6.07, 6.45) is -4.01. The Balaban J connectivity index is 2.62. The standard InChI is InChI=1S/C25H29IO13/c1-12(27)34-11-19-22(35-13(2)28)23(36-14(3)29)24(37-15(4)30)25(38-19)39-21-17(32-5)9-16(7-8-20(26)31)10-18(21)33-6/h7-10,19,22-25H,11H2,1-6H3/b8-7+/t19-,22-,23+,24+,25-/m1/s1. The van der Waals surface area contributed by atoms with Crippen molar-refractivity contribution in [1.82, 2.24) is 0 Å². The van der Waals surface area contributed by atoms with Gasteiger partial charge in [-0.2, -0.15) is 0 Å². The molecule has 14 heteroatoms. The molecule has 0 bridgehead atoms. The normalized spacial score (nSPS) is 22.4. The molecule has 0 spiro atoms. The summed E-state index contributed by atoms with van der Waals surface area (Å²) in [7, 11) is 2.73. The van der Waals surface area contributed by atoms with Crippen molar-refractivity contribution < 1.29 is 61.9 Å². The van der Waals surface area contributed by atoms with E-state index in [1.807, 2.05) is 0 Å². The molecule has 1 fully saturated rings. The third-order valence-corrected chi connectivity index (χ3v) is 5.43. The number of methoxy groups -OCH3 is 2. The second-order valence-corrected chi connectivity index (χ2v) is 9.14. The number of hydrogen-bond donors (Lipinski definition) is 0. The topological polar surface area (TPSA) is 159 Å². The molecule has 1 heterocycles. The molecule has 5 atom stereocenters. The van der Waals surface area contributed by atoms with E-state index in [0.29, 0.717) is 5.56 Å². The van der Waals surface area contributed by atoms with Crippen LogP contribution in [0.25, 0.3) is 6.08 Å². The molecule has 0 N–H and O–H groups in total. The van der Waals surface area contributed by atoms with E-state index < -0.39 is 61.2 Å². The zero-order valence-corrected chi connectivity index (χ0v) is 24.2. The summed E-state index contributed by atoms with van der Waals surface area (Å²) < 4.78 is 44.0. The van der Waals surface area contributed by atoms with Crippen LogP contribution in [0.15, 0.2) is 18.2 Å². The molecule has 214 valence electrons. The highest BCUT2D eigenvalue weighted by Gasteiger charge is 2.53. The number of carbonyl (C=O) groups is 5. The van der Waals surface area contributed by atoms with Crippen LogP contribution in [-0.2, 0) is 47.7 Å². The smallest absolute Gasteiger partial charge is 0.303 e. The largest absolute Gasteiger partial charge is 0.493 e. The zero-order valence-electron chi connectivity index (χ0n) is 22.1. The Morgan fingerprint density at radius 3 is 1.79 bits per heavy atom. The minimum absolute atomic E-state index is 0.0128. The zero-order chi connectivity index (χ0) is 29.3. The van der Waals surface area contributed by atoms with E-state index in [0.717, 1.165) is 20.8 Å². The van der Waals surface area contributed by atoms with Crippen molar-refractivity contribution in [2.75, 3.05) is 20.8 Å². The van der Waals surface area contributed by atoms with Gasteiger partial charge in [-0.25, -0.2) is 0 Å². The number of benzene rings is 1. The van der Waals surface area contributed by atoms with Crippen LogP contribution < -0.4 is 14.2 Å². The second kappa shape index (κ2) is 14.7. The number of rotatable bonds is 11. The van der Waals surface area contributed by atoms with Crippen molar-refractivity contribution in [3.8, 4) is 17.2 Å². The molecule has 1 aliphatic heterocycles. The van der Waals surface area contributed by atoms with E-state index >= 15 is 0 Å². The molecule has 0 saturated carbocycles. The first kappa shape index (κ1) is 31.8. The number of hydrogen-bond acceptors (Lipinski definition) is 13. The Bertz CT molecular complexity index is 1090. The number of esters is 4.